The summed E-state index contributed by atoms with van der Waals surface area (Å²) in [6.45, 7) is 3.92. The number of hydrogen-bond acceptors (Lipinski definition) is 5. The van der Waals surface area contributed by atoms with Crippen LogP contribution < -0.4 is 10.6 Å². The Morgan fingerprint density at radius 2 is 2.00 bits per heavy atom. The molecular weight excluding hydrogens is 341 g/mol. The molecule has 3 heterocycles. The first-order valence-electron chi connectivity index (χ1n) is 8.15. The molecule has 1 fully saturated rings. The van der Waals surface area contributed by atoms with Gasteiger partial charge in [0, 0.05) is 12.5 Å². The number of imide groups is 1. The topological polar surface area (TPSA) is 87.7 Å². The zero-order chi connectivity index (χ0) is 18.4. The molecule has 134 valence electrons. The minimum Gasteiger partial charge on any atom is -0.456 e. The Labute approximate surface area is 148 Å². The Balaban J connectivity index is 1.85. The van der Waals surface area contributed by atoms with Gasteiger partial charge in [-0.05, 0) is 17.7 Å². The molecular formula is C18H16FN3O4. The van der Waals surface area contributed by atoms with Crippen LogP contribution in [0.15, 0.2) is 48.2 Å². The largest absolute Gasteiger partial charge is 0.456 e. The highest BCUT2D eigenvalue weighted by molar-refractivity contribution is 6.02. The maximum absolute atomic E-state index is 13.4. The maximum Gasteiger partial charge on any atom is 0.336 e. The van der Waals surface area contributed by atoms with E-state index in [9.17, 15) is 18.8 Å². The Kier molecular flexibility index (Phi) is 3.75. The summed E-state index contributed by atoms with van der Waals surface area (Å²) in [5, 5.41) is 5.44. The first-order valence-corrected chi connectivity index (χ1v) is 8.15. The standard InChI is InChI=1S/C18H16FN3O4/c1-2-7-22-15-14(16(23)21-18(22)25)12(9-3-5-10(19)6-4-9)13-11(20-15)8-26-17(13)24/h2-6,12,14-15,20H,1,7-8H2,(H,21,23,25). The third-order valence-electron chi connectivity index (χ3n) is 4.91. The normalized spacial score (nSPS) is 27.3. The summed E-state index contributed by atoms with van der Waals surface area (Å²) in [5.41, 5.74) is 1.50. The number of cyclic esters (lactones) is 1. The molecule has 3 amide bonds. The van der Waals surface area contributed by atoms with Crippen LogP contribution in [0.25, 0.3) is 0 Å². The third kappa shape index (κ3) is 2.37. The van der Waals surface area contributed by atoms with E-state index >= 15 is 0 Å². The lowest BCUT2D eigenvalue weighted by atomic mass is 9.74. The average molecular weight is 357 g/mol. The van der Waals surface area contributed by atoms with Crippen LogP contribution in [-0.2, 0) is 14.3 Å². The van der Waals surface area contributed by atoms with Crippen molar-refractivity contribution in [1.29, 1.82) is 0 Å². The lowest BCUT2D eigenvalue weighted by Crippen LogP contribution is -2.67. The monoisotopic (exact) mass is 357 g/mol. The summed E-state index contributed by atoms with van der Waals surface area (Å²) >= 11 is 0. The smallest absolute Gasteiger partial charge is 0.336 e. The van der Waals surface area contributed by atoms with E-state index in [0.717, 1.165) is 0 Å². The highest BCUT2D eigenvalue weighted by Crippen LogP contribution is 2.43. The summed E-state index contributed by atoms with van der Waals surface area (Å²) in [6, 6.07) is 5.11. The quantitative estimate of drug-likeness (QED) is 0.623. The molecule has 1 aromatic carbocycles. The van der Waals surface area contributed by atoms with Crippen LogP contribution >= 0.6 is 0 Å². The number of ether oxygens (including phenoxy) is 1. The van der Waals surface area contributed by atoms with Crippen LogP contribution in [0, 0.1) is 11.7 Å². The van der Waals surface area contributed by atoms with Gasteiger partial charge in [0.15, 0.2) is 0 Å². The molecule has 0 bridgehead atoms. The number of carbonyl (C=O) groups is 3. The second-order valence-electron chi connectivity index (χ2n) is 6.35. The van der Waals surface area contributed by atoms with Gasteiger partial charge >= 0.3 is 12.0 Å². The second kappa shape index (κ2) is 5.98. The summed E-state index contributed by atoms with van der Waals surface area (Å²) < 4.78 is 18.5. The number of benzene rings is 1. The minimum atomic E-state index is -0.762. The van der Waals surface area contributed by atoms with Gasteiger partial charge in [-0.15, -0.1) is 6.58 Å². The van der Waals surface area contributed by atoms with Crippen LogP contribution in [0.4, 0.5) is 9.18 Å². The van der Waals surface area contributed by atoms with Gasteiger partial charge in [-0.25, -0.2) is 14.0 Å². The van der Waals surface area contributed by atoms with Crippen molar-refractivity contribution in [3.8, 4) is 0 Å². The van der Waals surface area contributed by atoms with Gasteiger partial charge in [0.2, 0.25) is 5.91 Å². The van der Waals surface area contributed by atoms with Crippen LogP contribution in [0.3, 0.4) is 0 Å². The number of esters is 1. The van der Waals surface area contributed by atoms with E-state index in [1.807, 2.05) is 0 Å². The molecule has 0 spiro atoms. The molecule has 2 N–H and O–H groups in total. The van der Waals surface area contributed by atoms with Gasteiger partial charge in [0.1, 0.15) is 18.6 Å². The number of amides is 3. The number of nitrogens with zero attached hydrogens (tertiary/aromatic N) is 1. The molecule has 0 saturated carbocycles. The fraction of sp³-hybridized carbons (Fsp3) is 0.278. The Bertz CT molecular complexity index is 848. The zero-order valence-corrected chi connectivity index (χ0v) is 13.7. The summed E-state index contributed by atoms with van der Waals surface area (Å²) in [5.74, 6) is -2.83. The van der Waals surface area contributed by atoms with Crippen LogP contribution in [-0.4, -0.2) is 42.1 Å². The molecule has 1 saturated heterocycles. The van der Waals surface area contributed by atoms with Gasteiger partial charge in [0.25, 0.3) is 0 Å². The lowest BCUT2D eigenvalue weighted by Gasteiger charge is -2.46. The molecule has 7 nitrogen and oxygen atoms in total. The van der Waals surface area contributed by atoms with Crippen molar-refractivity contribution in [3.63, 3.8) is 0 Å². The van der Waals surface area contributed by atoms with E-state index < -0.39 is 41.7 Å². The SMILES string of the molecule is C=CCN1C(=O)NC(=O)C2C(c3ccc(F)cc3)C3=C(COC3=O)NC21. The van der Waals surface area contributed by atoms with E-state index in [1.165, 1.54) is 17.0 Å². The van der Waals surface area contributed by atoms with Crippen molar-refractivity contribution >= 4 is 17.9 Å². The molecule has 1 aromatic rings. The number of nitrogens with one attached hydrogen (secondary N) is 2. The predicted octanol–water partition coefficient (Wildman–Crippen LogP) is 1.00. The second-order valence-corrected chi connectivity index (χ2v) is 6.35. The Hall–Kier alpha value is -3.16. The average Bonchev–Trinajstić information content (AvgIpc) is 2.98. The Morgan fingerprint density at radius 3 is 2.69 bits per heavy atom. The molecule has 3 atom stereocenters. The first-order chi connectivity index (χ1) is 12.5. The van der Waals surface area contributed by atoms with Gasteiger partial charge in [-0.1, -0.05) is 18.2 Å². The summed E-state index contributed by atoms with van der Waals surface area (Å²) in [4.78, 5) is 38.6. The van der Waals surface area contributed by atoms with Gasteiger partial charge in [0.05, 0.1) is 17.2 Å². The third-order valence-corrected chi connectivity index (χ3v) is 4.91. The van der Waals surface area contributed by atoms with Crippen molar-refractivity contribution in [1.82, 2.24) is 15.5 Å². The molecule has 3 unspecified atom stereocenters. The van der Waals surface area contributed by atoms with Gasteiger partial charge in [-0.3, -0.25) is 15.0 Å². The van der Waals surface area contributed by atoms with Gasteiger partial charge in [-0.2, -0.15) is 0 Å². The Morgan fingerprint density at radius 1 is 1.27 bits per heavy atom. The number of fused-ring (bicyclic) bond motifs is 1. The molecule has 8 heteroatoms. The van der Waals surface area contributed by atoms with Crippen LogP contribution in [0.2, 0.25) is 0 Å². The van der Waals surface area contributed by atoms with E-state index in [1.54, 1.807) is 18.2 Å². The molecule has 4 rings (SSSR count). The fourth-order valence-corrected chi connectivity index (χ4v) is 3.81. The highest BCUT2D eigenvalue weighted by atomic mass is 19.1. The molecule has 0 aliphatic carbocycles. The van der Waals surface area contributed by atoms with Crippen molar-refractivity contribution in [2.75, 3.05) is 13.2 Å². The van der Waals surface area contributed by atoms with E-state index in [-0.39, 0.29) is 13.2 Å². The molecule has 26 heavy (non-hydrogen) atoms. The van der Waals surface area contributed by atoms with E-state index in [2.05, 4.69) is 17.2 Å². The number of halogens is 1. The summed E-state index contributed by atoms with van der Waals surface area (Å²) in [7, 11) is 0. The first kappa shape index (κ1) is 16.3. The fourth-order valence-electron chi connectivity index (χ4n) is 3.81. The van der Waals surface area contributed by atoms with E-state index in [0.29, 0.717) is 16.8 Å². The zero-order valence-electron chi connectivity index (χ0n) is 13.7. The molecule has 3 aliphatic rings. The summed E-state index contributed by atoms with van der Waals surface area (Å²) in [6.07, 6.45) is 0.902. The number of rotatable bonds is 3. The van der Waals surface area contributed by atoms with E-state index in [4.69, 9.17) is 4.74 Å². The van der Waals surface area contributed by atoms with Crippen molar-refractivity contribution in [2.24, 2.45) is 5.92 Å². The highest BCUT2D eigenvalue weighted by Gasteiger charge is 2.53. The maximum atomic E-state index is 13.4. The van der Waals surface area contributed by atoms with Gasteiger partial charge < -0.3 is 10.1 Å². The number of hydrogen-bond donors (Lipinski definition) is 2. The predicted molar refractivity (Wildman–Crippen MR) is 88.0 cm³/mol. The molecule has 0 radical (unpaired) electrons. The number of urea groups is 1. The number of carbonyl (C=O) groups excluding carboxylic acids is 3. The van der Waals surface area contributed by atoms with Crippen molar-refractivity contribution in [3.05, 3.63) is 59.6 Å². The molecule has 3 aliphatic heterocycles. The lowest BCUT2D eigenvalue weighted by molar-refractivity contribution is -0.136. The minimum absolute atomic E-state index is 0.0484. The van der Waals surface area contributed by atoms with Crippen LogP contribution in [0.5, 0.6) is 0 Å². The van der Waals surface area contributed by atoms with Crippen molar-refractivity contribution in [2.45, 2.75) is 12.1 Å². The van der Waals surface area contributed by atoms with Crippen LogP contribution in [0.1, 0.15) is 11.5 Å². The molecule has 0 aromatic heterocycles. The van der Waals surface area contributed by atoms with Crippen molar-refractivity contribution < 1.29 is 23.5 Å².